The van der Waals surface area contributed by atoms with Crippen molar-refractivity contribution in [2.75, 3.05) is 26.3 Å². The molecule has 2 aliphatic rings. The molecule has 2 aromatic carbocycles. The predicted molar refractivity (Wildman–Crippen MR) is 127 cm³/mol. The van der Waals surface area contributed by atoms with Gasteiger partial charge in [0.15, 0.2) is 0 Å². The summed E-state index contributed by atoms with van der Waals surface area (Å²) in [4.78, 5) is 27.2. The number of piperidine rings is 1. The smallest absolute Gasteiger partial charge is 0.410 e. The molecule has 2 heterocycles. The number of carbonyl (C=O) groups is 2. The first-order chi connectivity index (χ1) is 16.1. The molecule has 2 aliphatic heterocycles. The topological polar surface area (TPSA) is 67.9 Å². The van der Waals surface area contributed by atoms with Crippen molar-refractivity contribution in [3.05, 3.63) is 70.7 Å². The Labute approximate surface area is 200 Å². The van der Waals surface area contributed by atoms with Crippen LogP contribution in [0.25, 0.3) is 0 Å². The van der Waals surface area contributed by atoms with E-state index in [0.717, 1.165) is 37.7 Å². The van der Waals surface area contributed by atoms with Crippen LogP contribution >= 0.6 is 11.6 Å². The van der Waals surface area contributed by atoms with Crippen molar-refractivity contribution in [3.8, 4) is 0 Å². The average Bonchev–Trinajstić information content (AvgIpc) is 2.85. The van der Waals surface area contributed by atoms with Crippen LogP contribution < -0.4 is 5.32 Å². The summed E-state index contributed by atoms with van der Waals surface area (Å²) >= 11 is 5.96. The molecule has 0 spiro atoms. The van der Waals surface area contributed by atoms with Gasteiger partial charge in [-0.2, -0.15) is 0 Å². The van der Waals surface area contributed by atoms with E-state index in [2.05, 4.69) is 5.32 Å². The molecule has 0 radical (unpaired) electrons. The van der Waals surface area contributed by atoms with E-state index in [1.807, 2.05) is 35.2 Å². The fourth-order valence-corrected chi connectivity index (χ4v) is 4.63. The number of halogens is 1. The maximum atomic E-state index is 12.9. The molecule has 7 heteroatoms. The van der Waals surface area contributed by atoms with Gasteiger partial charge in [-0.25, -0.2) is 4.79 Å². The lowest BCUT2D eigenvalue weighted by Crippen LogP contribution is -2.42. The molecule has 0 bridgehead atoms. The molecule has 0 aliphatic carbocycles. The van der Waals surface area contributed by atoms with E-state index in [0.29, 0.717) is 42.8 Å². The SMILES string of the molecule is O=C(NC(CC1CCN(C(=O)OC2CCOCC2)CC1)c1ccccc1)c1ccc(Cl)cc1. The summed E-state index contributed by atoms with van der Waals surface area (Å²) in [6, 6.07) is 16.9. The van der Waals surface area contributed by atoms with Gasteiger partial charge in [-0.1, -0.05) is 41.9 Å². The van der Waals surface area contributed by atoms with Crippen molar-refractivity contribution in [2.24, 2.45) is 5.92 Å². The van der Waals surface area contributed by atoms with Crippen LogP contribution in [0.4, 0.5) is 4.79 Å². The van der Waals surface area contributed by atoms with Gasteiger partial charge in [-0.15, -0.1) is 0 Å². The van der Waals surface area contributed by atoms with Crippen LogP contribution in [0.5, 0.6) is 0 Å². The lowest BCUT2D eigenvalue weighted by atomic mass is 9.87. The number of hydrogen-bond donors (Lipinski definition) is 1. The van der Waals surface area contributed by atoms with E-state index in [-0.39, 0.29) is 24.1 Å². The Kier molecular flexibility index (Phi) is 8.24. The molecular formula is C26H31ClN2O4. The number of rotatable bonds is 6. The Hall–Kier alpha value is -2.57. The number of carbonyl (C=O) groups excluding carboxylic acids is 2. The molecule has 1 atom stereocenters. The minimum absolute atomic E-state index is 0.0329. The number of benzene rings is 2. The van der Waals surface area contributed by atoms with Gasteiger partial charge >= 0.3 is 6.09 Å². The number of amides is 2. The highest BCUT2D eigenvalue weighted by molar-refractivity contribution is 6.30. The van der Waals surface area contributed by atoms with Crippen LogP contribution in [0.3, 0.4) is 0 Å². The molecule has 1 unspecified atom stereocenters. The molecule has 2 amide bonds. The lowest BCUT2D eigenvalue weighted by Gasteiger charge is -2.34. The summed E-state index contributed by atoms with van der Waals surface area (Å²) in [5.41, 5.74) is 1.67. The van der Waals surface area contributed by atoms with Crippen LogP contribution in [0.1, 0.15) is 54.1 Å². The highest BCUT2D eigenvalue weighted by atomic mass is 35.5. The fraction of sp³-hybridized carbons (Fsp3) is 0.462. The largest absolute Gasteiger partial charge is 0.446 e. The van der Waals surface area contributed by atoms with Gasteiger partial charge in [0.2, 0.25) is 0 Å². The summed E-state index contributed by atoms with van der Waals surface area (Å²) in [6.45, 7) is 2.67. The van der Waals surface area contributed by atoms with Crippen molar-refractivity contribution >= 4 is 23.6 Å². The Morgan fingerprint density at radius 3 is 2.33 bits per heavy atom. The Morgan fingerprint density at radius 2 is 1.67 bits per heavy atom. The number of likely N-dealkylation sites (tertiary alicyclic amines) is 1. The Morgan fingerprint density at radius 1 is 1.00 bits per heavy atom. The lowest BCUT2D eigenvalue weighted by molar-refractivity contribution is -0.0132. The molecule has 2 fully saturated rings. The minimum atomic E-state index is -0.212. The average molecular weight is 471 g/mol. The second-order valence-electron chi connectivity index (χ2n) is 8.81. The highest BCUT2D eigenvalue weighted by Crippen LogP contribution is 2.29. The van der Waals surface area contributed by atoms with E-state index in [1.165, 1.54) is 0 Å². The molecule has 33 heavy (non-hydrogen) atoms. The van der Waals surface area contributed by atoms with Crippen molar-refractivity contribution in [2.45, 2.75) is 44.2 Å². The molecular weight excluding hydrogens is 440 g/mol. The van der Waals surface area contributed by atoms with Crippen LogP contribution in [0.2, 0.25) is 5.02 Å². The van der Waals surface area contributed by atoms with Crippen molar-refractivity contribution in [3.63, 3.8) is 0 Å². The van der Waals surface area contributed by atoms with Gasteiger partial charge < -0.3 is 19.7 Å². The van der Waals surface area contributed by atoms with Gasteiger partial charge in [-0.3, -0.25) is 4.79 Å². The maximum Gasteiger partial charge on any atom is 0.410 e. The third-order valence-corrected chi connectivity index (χ3v) is 6.74. The second-order valence-corrected chi connectivity index (χ2v) is 9.24. The van der Waals surface area contributed by atoms with E-state index in [1.54, 1.807) is 24.3 Å². The Bertz CT molecular complexity index is 908. The number of hydrogen-bond acceptors (Lipinski definition) is 4. The standard InChI is InChI=1S/C26H31ClN2O4/c27-22-8-6-21(7-9-22)25(30)28-24(20-4-2-1-3-5-20)18-19-10-14-29(15-11-19)26(31)33-23-12-16-32-17-13-23/h1-9,19,23-24H,10-18H2,(H,28,30). The zero-order valence-electron chi connectivity index (χ0n) is 18.8. The van der Waals surface area contributed by atoms with Crippen LogP contribution in [-0.2, 0) is 9.47 Å². The number of nitrogens with zero attached hydrogens (tertiary/aromatic N) is 1. The summed E-state index contributed by atoms with van der Waals surface area (Å²) in [6.07, 6.45) is 3.91. The molecule has 4 rings (SSSR count). The van der Waals surface area contributed by atoms with Gasteiger partial charge in [0.1, 0.15) is 6.10 Å². The molecule has 176 valence electrons. The highest BCUT2D eigenvalue weighted by Gasteiger charge is 2.29. The third kappa shape index (κ3) is 6.71. The van der Waals surface area contributed by atoms with Gasteiger partial charge in [0, 0.05) is 36.5 Å². The van der Waals surface area contributed by atoms with Gasteiger partial charge in [0.05, 0.1) is 19.3 Å². The number of ether oxygens (including phenoxy) is 2. The second kappa shape index (κ2) is 11.5. The van der Waals surface area contributed by atoms with E-state index >= 15 is 0 Å². The summed E-state index contributed by atoms with van der Waals surface area (Å²) < 4.78 is 11.0. The summed E-state index contributed by atoms with van der Waals surface area (Å²) in [5.74, 6) is 0.297. The first-order valence-corrected chi connectivity index (χ1v) is 12.1. The molecule has 0 saturated carbocycles. The van der Waals surface area contributed by atoms with Crippen molar-refractivity contribution in [1.29, 1.82) is 0 Å². The van der Waals surface area contributed by atoms with E-state index in [4.69, 9.17) is 21.1 Å². The summed E-state index contributed by atoms with van der Waals surface area (Å²) in [5, 5.41) is 3.81. The molecule has 1 N–H and O–H groups in total. The van der Waals surface area contributed by atoms with E-state index < -0.39 is 0 Å². The quantitative estimate of drug-likeness (QED) is 0.627. The Balaban J connectivity index is 1.33. The molecule has 2 saturated heterocycles. The van der Waals surface area contributed by atoms with Crippen LogP contribution in [0.15, 0.2) is 54.6 Å². The zero-order valence-corrected chi connectivity index (χ0v) is 19.5. The third-order valence-electron chi connectivity index (χ3n) is 6.49. The van der Waals surface area contributed by atoms with Crippen molar-refractivity contribution in [1.82, 2.24) is 10.2 Å². The molecule has 0 aromatic heterocycles. The summed E-state index contributed by atoms with van der Waals surface area (Å²) in [7, 11) is 0. The normalized spacial score (nSPS) is 18.5. The molecule has 2 aromatic rings. The molecule has 6 nitrogen and oxygen atoms in total. The van der Waals surface area contributed by atoms with Crippen LogP contribution in [-0.4, -0.2) is 49.3 Å². The van der Waals surface area contributed by atoms with E-state index in [9.17, 15) is 9.59 Å². The van der Waals surface area contributed by atoms with Crippen molar-refractivity contribution < 1.29 is 19.1 Å². The van der Waals surface area contributed by atoms with Crippen LogP contribution in [0, 0.1) is 5.92 Å². The van der Waals surface area contributed by atoms with Gasteiger partial charge in [0.25, 0.3) is 5.91 Å². The maximum absolute atomic E-state index is 12.9. The predicted octanol–water partition coefficient (Wildman–Crippen LogP) is 5.23. The zero-order chi connectivity index (χ0) is 23.0. The van der Waals surface area contributed by atoms with Gasteiger partial charge in [-0.05, 0) is 55.0 Å². The number of nitrogens with one attached hydrogen (secondary N) is 1. The first-order valence-electron chi connectivity index (χ1n) is 11.7. The first kappa shape index (κ1) is 23.6. The monoisotopic (exact) mass is 470 g/mol. The fourth-order valence-electron chi connectivity index (χ4n) is 4.50. The minimum Gasteiger partial charge on any atom is -0.446 e.